The third kappa shape index (κ3) is 4.39. The molecular formula is C25H26N3O3-. The Morgan fingerprint density at radius 2 is 1.74 bits per heavy atom. The van der Waals surface area contributed by atoms with Gasteiger partial charge < -0.3 is 24.1 Å². The second-order valence-electron chi connectivity index (χ2n) is 7.82. The number of nitrogens with zero attached hydrogens (tertiary/aromatic N) is 3. The van der Waals surface area contributed by atoms with Gasteiger partial charge in [-0.2, -0.15) is 0 Å². The maximum absolute atomic E-state index is 11.1. The van der Waals surface area contributed by atoms with Gasteiger partial charge in [-0.05, 0) is 74.4 Å². The van der Waals surface area contributed by atoms with Crippen LogP contribution in [0.5, 0.6) is 0 Å². The molecule has 0 N–H and O–H groups in total. The molecule has 1 fully saturated rings. The maximum atomic E-state index is 11.1. The third-order valence-corrected chi connectivity index (χ3v) is 5.72. The van der Waals surface area contributed by atoms with E-state index in [0.29, 0.717) is 0 Å². The first-order valence-corrected chi connectivity index (χ1v) is 10.4. The van der Waals surface area contributed by atoms with Crippen molar-refractivity contribution in [2.24, 2.45) is 4.99 Å². The van der Waals surface area contributed by atoms with E-state index in [0.717, 1.165) is 60.2 Å². The standard InChI is InChI=1S/C25H27N3O3/c1-17-14-20(25(29)30)4-9-24(17)28-18(2)15-21(19(28)3)16-26-22-5-7-23(8-6-22)27-10-12-31-13-11-27/h4-9,14-16H,10-13H2,1-3H3,(H,29,30)/p-1. The molecule has 1 saturated heterocycles. The van der Waals surface area contributed by atoms with E-state index < -0.39 is 5.97 Å². The second kappa shape index (κ2) is 8.78. The number of carbonyl (C=O) groups excluding carboxylic acids is 1. The molecule has 1 aromatic heterocycles. The minimum absolute atomic E-state index is 0.186. The first kappa shape index (κ1) is 20.9. The fourth-order valence-corrected chi connectivity index (χ4v) is 4.04. The maximum Gasteiger partial charge on any atom is 0.0715 e. The lowest BCUT2D eigenvalue weighted by atomic mass is 10.1. The van der Waals surface area contributed by atoms with Crippen molar-refractivity contribution >= 4 is 23.6 Å². The average Bonchev–Trinajstić information content (AvgIpc) is 3.06. The van der Waals surface area contributed by atoms with Crippen LogP contribution in [0.15, 0.2) is 53.5 Å². The van der Waals surface area contributed by atoms with Gasteiger partial charge in [0.25, 0.3) is 0 Å². The summed E-state index contributed by atoms with van der Waals surface area (Å²) >= 11 is 0. The van der Waals surface area contributed by atoms with Gasteiger partial charge in [0, 0.05) is 47.6 Å². The minimum Gasteiger partial charge on any atom is -0.545 e. The van der Waals surface area contributed by atoms with Crippen molar-refractivity contribution in [3.05, 3.63) is 76.6 Å². The van der Waals surface area contributed by atoms with Crippen LogP contribution in [0, 0.1) is 20.8 Å². The summed E-state index contributed by atoms with van der Waals surface area (Å²) in [7, 11) is 0. The summed E-state index contributed by atoms with van der Waals surface area (Å²) in [6.07, 6.45) is 1.88. The van der Waals surface area contributed by atoms with Crippen molar-refractivity contribution in [1.29, 1.82) is 0 Å². The first-order chi connectivity index (χ1) is 14.9. The number of hydrogen-bond donors (Lipinski definition) is 0. The molecule has 0 saturated carbocycles. The van der Waals surface area contributed by atoms with Crippen LogP contribution < -0.4 is 10.0 Å². The van der Waals surface area contributed by atoms with Crippen LogP contribution in [0.2, 0.25) is 0 Å². The van der Waals surface area contributed by atoms with E-state index in [1.807, 2.05) is 45.2 Å². The fourth-order valence-electron chi connectivity index (χ4n) is 4.04. The zero-order valence-corrected chi connectivity index (χ0v) is 18.1. The molecule has 1 aliphatic rings. The van der Waals surface area contributed by atoms with Gasteiger partial charge in [0.15, 0.2) is 0 Å². The summed E-state index contributed by atoms with van der Waals surface area (Å²) in [4.78, 5) is 18.1. The highest BCUT2D eigenvalue weighted by molar-refractivity contribution is 5.87. The molecule has 3 aromatic rings. The molecule has 1 aliphatic heterocycles. The highest BCUT2D eigenvalue weighted by atomic mass is 16.5. The summed E-state index contributed by atoms with van der Waals surface area (Å²) in [5.41, 5.74) is 7.25. The SMILES string of the molecule is Cc1cc(C(=O)[O-])ccc1-n1c(C)cc(C=Nc2ccc(N3CCOCC3)cc2)c1C. The number of aromatic nitrogens is 1. The Labute approximate surface area is 182 Å². The molecule has 0 amide bonds. The number of aryl methyl sites for hydroxylation is 2. The van der Waals surface area contributed by atoms with Gasteiger partial charge in [-0.3, -0.25) is 4.99 Å². The van der Waals surface area contributed by atoms with E-state index in [2.05, 4.69) is 32.7 Å². The summed E-state index contributed by atoms with van der Waals surface area (Å²) in [6, 6.07) is 15.4. The molecule has 4 rings (SSSR count). The number of aliphatic imine (C=N–C) groups is 1. The molecule has 31 heavy (non-hydrogen) atoms. The number of ether oxygens (including phenoxy) is 1. The van der Waals surface area contributed by atoms with Crippen LogP contribution in [-0.2, 0) is 4.74 Å². The van der Waals surface area contributed by atoms with Crippen molar-refractivity contribution in [3.63, 3.8) is 0 Å². The number of hydrogen-bond acceptors (Lipinski definition) is 5. The number of carboxylic acid groups (broad SMARTS) is 1. The number of anilines is 1. The zero-order chi connectivity index (χ0) is 22.0. The quantitative estimate of drug-likeness (QED) is 0.598. The molecule has 6 heteroatoms. The largest absolute Gasteiger partial charge is 0.545 e. The van der Waals surface area contributed by atoms with E-state index in [1.165, 1.54) is 5.69 Å². The van der Waals surface area contributed by atoms with Crippen LogP contribution in [0.3, 0.4) is 0 Å². The normalized spacial score (nSPS) is 14.4. The van der Waals surface area contributed by atoms with Crippen molar-refractivity contribution in [1.82, 2.24) is 4.57 Å². The summed E-state index contributed by atoms with van der Waals surface area (Å²) in [5.74, 6) is -1.16. The van der Waals surface area contributed by atoms with E-state index in [-0.39, 0.29) is 5.56 Å². The average molecular weight is 417 g/mol. The van der Waals surface area contributed by atoms with Crippen molar-refractivity contribution in [3.8, 4) is 5.69 Å². The zero-order valence-electron chi connectivity index (χ0n) is 18.1. The number of morpholine rings is 1. The predicted molar refractivity (Wildman–Crippen MR) is 121 cm³/mol. The Balaban J connectivity index is 1.56. The topological polar surface area (TPSA) is 69.9 Å². The third-order valence-electron chi connectivity index (χ3n) is 5.72. The van der Waals surface area contributed by atoms with Gasteiger partial charge in [-0.25, -0.2) is 0 Å². The lowest BCUT2D eigenvalue weighted by molar-refractivity contribution is -0.255. The van der Waals surface area contributed by atoms with Gasteiger partial charge in [0.05, 0.1) is 24.9 Å². The number of carbonyl (C=O) groups is 1. The van der Waals surface area contributed by atoms with E-state index in [4.69, 9.17) is 4.74 Å². The Morgan fingerprint density at radius 1 is 1.03 bits per heavy atom. The molecule has 0 spiro atoms. The van der Waals surface area contributed by atoms with E-state index in [1.54, 1.807) is 12.1 Å². The molecular weight excluding hydrogens is 390 g/mol. The van der Waals surface area contributed by atoms with Crippen molar-refractivity contribution in [2.75, 3.05) is 31.2 Å². The number of aromatic carboxylic acids is 1. The van der Waals surface area contributed by atoms with E-state index >= 15 is 0 Å². The summed E-state index contributed by atoms with van der Waals surface area (Å²) in [5, 5.41) is 11.1. The molecule has 160 valence electrons. The lowest BCUT2D eigenvalue weighted by Gasteiger charge is -2.28. The van der Waals surface area contributed by atoms with Crippen LogP contribution >= 0.6 is 0 Å². The number of carboxylic acids is 1. The Bertz CT molecular complexity index is 1120. The fraction of sp³-hybridized carbons (Fsp3) is 0.280. The van der Waals surface area contributed by atoms with Crippen molar-refractivity contribution < 1.29 is 14.6 Å². The van der Waals surface area contributed by atoms with Gasteiger partial charge in [0.2, 0.25) is 0 Å². The highest BCUT2D eigenvalue weighted by Crippen LogP contribution is 2.25. The second-order valence-corrected chi connectivity index (χ2v) is 7.82. The minimum atomic E-state index is -1.16. The molecule has 0 bridgehead atoms. The van der Waals surface area contributed by atoms with Crippen LogP contribution in [0.1, 0.15) is 32.9 Å². The van der Waals surface area contributed by atoms with E-state index in [9.17, 15) is 9.90 Å². The number of rotatable bonds is 5. The van der Waals surface area contributed by atoms with Crippen LogP contribution in [0.25, 0.3) is 5.69 Å². The molecule has 0 radical (unpaired) electrons. The summed E-state index contributed by atoms with van der Waals surface area (Å²) < 4.78 is 7.54. The smallest absolute Gasteiger partial charge is 0.0715 e. The molecule has 2 heterocycles. The van der Waals surface area contributed by atoms with Gasteiger partial charge in [-0.1, -0.05) is 6.07 Å². The van der Waals surface area contributed by atoms with Gasteiger partial charge in [0.1, 0.15) is 0 Å². The van der Waals surface area contributed by atoms with Gasteiger partial charge >= 0.3 is 0 Å². The Morgan fingerprint density at radius 3 is 2.39 bits per heavy atom. The lowest BCUT2D eigenvalue weighted by Crippen LogP contribution is -2.36. The molecule has 2 aromatic carbocycles. The molecule has 0 aliphatic carbocycles. The Kier molecular flexibility index (Phi) is 5.91. The van der Waals surface area contributed by atoms with Gasteiger partial charge in [-0.15, -0.1) is 0 Å². The Hall–Kier alpha value is -3.38. The molecule has 0 atom stereocenters. The predicted octanol–water partition coefficient (Wildman–Crippen LogP) is 3.35. The summed E-state index contributed by atoms with van der Waals surface area (Å²) in [6.45, 7) is 9.35. The van der Waals surface area contributed by atoms with Crippen LogP contribution in [-0.4, -0.2) is 43.1 Å². The highest BCUT2D eigenvalue weighted by Gasteiger charge is 2.13. The molecule has 0 unspecified atom stereocenters. The first-order valence-electron chi connectivity index (χ1n) is 10.4. The van der Waals surface area contributed by atoms with Crippen LogP contribution in [0.4, 0.5) is 11.4 Å². The number of benzene rings is 2. The van der Waals surface area contributed by atoms with Crippen molar-refractivity contribution in [2.45, 2.75) is 20.8 Å². The molecule has 6 nitrogen and oxygen atoms in total. The monoisotopic (exact) mass is 416 g/mol.